The van der Waals surface area contributed by atoms with Gasteiger partial charge in [-0.25, -0.2) is 4.79 Å². The summed E-state index contributed by atoms with van der Waals surface area (Å²) in [5, 5.41) is 3.82. The van der Waals surface area contributed by atoms with Crippen molar-refractivity contribution in [2.45, 2.75) is 103 Å². The van der Waals surface area contributed by atoms with Crippen LogP contribution in [-0.2, 0) is 4.74 Å². The van der Waals surface area contributed by atoms with Crippen molar-refractivity contribution in [3.05, 3.63) is 0 Å². The van der Waals surface area contributed by atoms with Gasteiger partial charge in [0.05, 0.1) is 0 Å². The van der Waals surface area contributed by atoms with Gasteiger partial charge >= 0.3 is 6.09 Å². The van der Waals surface area contributed by atoms with E-state index in [-0.39, 0.29) is 6.09 Å². The van der Waals surface area contributed by atoms with Crippen molar-refractivity contribution in [1.29, 1.82) is 0 Å². The number of likely N-dealkylation sites (tertiary alicyclic amines) is 1. The molecule has 1 N–H and O–H groups in total. The quantitative estimate of drug-likeness (QED) is 0.836. The van der Waals surface area contributed by atoms with E-state index >= 15 is 0 Å². The third kappa shape index (κ3) is 5.10. The summed E-state index contributed by atoms with van der Waals surface area (Å²) in [6, 6.07) is 1.45. The molecule has 2 aliphatic rings. The summed E-state index contributed by atoms with van der Waals surface area (Å²) >= 11 is 0. The van der Waals surface area contributed by atoms with E-state index in [0.717, 1.165) is 25.8 Å². The molecule has 1 aliphatic heterocycles. The molecule has 4 nitrogen and oxygen atoms in total. The Hall–Kier alpha value is -0.770. The molecule has 1 heterocycles. The van der Waals surface area contributed by atoms with Crippen molar-refractivity contribution in [3.63, 3.8) is 0 Å². The molecule has 134 valence electrons. The lowest BCUT2D eigenvalue weighted by Gasteiger charge is -2.41. The fourth-order valence-corrected chi connectivity index (χ4v) is 4.10. The molecule has 0 aromatic carbocycles. The highest BCUT2D eigenvalue weighted by Gasteiger charge is 2.41. The predicted octanol–water partition coefficient (Wildman–Crippen LogP) is 4.33. The zero-order valence-corrected chi connectivity index (χ0v) is 15.7. The molecule has 1 amide bonds. The number of nitrogens with zero attached hydrogens (tertiary/aromatic N) is 1. The summed E-state index contributed by atoms with van der Waals surface area (Å²) in [5.41, 5.74) is -0.412. The fraction of sp³-hybridized carbons (Fsp3) is 0.947. The van der Waals surface area contributed by atoms with E-state index in [4.69, 9.17) is 4.74 Å². The van der Waals surface area contributed by atoms with Crippen LogP contribution in [0.3, 0.4) is 0 Å². The summed E-state index contributed by atoms with van der Waals surface area (Å²) in [6.07, 6.45) is 8.35. The van der Waals surface area contributed by atoms with E-state index in [1.807, 2.05) is 25.7 Å². The summed E-state index contributed by atoms with van der Waals surface area (Å²) in [5.74, 6) is 0.577. The molecular weight excluding hydrogens is 288 g/mol. The molecule has 1 saturated carbocycles. The molecule has 0 spiro atoms. The Bertz CT molecular complexity index is 391. The standard InChI is InChI=1S/C19H36N2O2/c1-6-14(2)20-16-11-8-7-10-15(16)17-12-9-13-21(17)18(22)23-19(3,4)5/h14-17,20H,6-13H2,1-5H3. The van der Waals surface area contributed by atoms with Crippen LogP contribution in [-0.4, -0.2) is 41.3 Å². The zero-order valence-electron chi connectivity index (χ0n) is 15.7. The van der Waals surface area contributed by atoms with Crippen LogP contribution in [0.15, 0.2) is 0 Å². The lowest BCUT2D eigenvalue weighted by Crippen LogP contribution is -2.52. The second kappa shape index (κ2) is 7.87. The lowest BCUT2D eigenvalue weighted by atomic mass is 9.78. The molecule has 0 aromatic rings. The average Bonchev–Trinajstić information content (AvgIpc) is 2.95. The number of rotatable bonds is 4. The van der Waals surface area contributed by atoms with E-state index in [1.165, 1.54) is 25.7 Å². The van der Waals surface area contributed by atoms with E-state index in [2.05, 4.69) is 19.2 Å². The van der Waals surface area contributed by atoms with Gasteiger partial charge in [-0.3, -0.25) is 0 Å². The van der Waals surface area contributed by atoms with E-state index < -0.39 is 5.60 Å². The lowest BCUT2D eigenvalue weighted by molar-refractivity contribution is 0.0129. The molecular formula is C19H36N2O2. The van der Waals surface area contributed by atoms with Gasteiger partial charge in [0.15, 0.2) is 0 Å². The molecule has 1 saturated heterocycles. The predicted molar refractivity (Wildman–Crippen MR) is 94.6 cm³/mol. The summed E-state index contributed by atoms with van der Waals surface area (Å²) in [7, 11) is 0. The van der Waals surface area contributed by atoms with Crippen molar-refractivity contribution in [3.8, 4) is 0 Å². The first-order valence-electron chi connectivity index (χ1n) is 9.57. The smallest absolute Gasteiger partial charge is 0.410 e. The van der Waals surface area contributed by atoms with Gasteiger partial charge in [0.25, 0.3) is 0 Å². The number of hydrogen-bond acceptors (Lipinski definition) is 3. The van der Waals surface area contributed by atoms with Crippen LogP contribution in [0.4, 0.5) is 4.79 Å². The van der Waals surface area contributed by atoms with E-state index in [1.54, 1.807) is 0 Å². The summed E-state index contributed by atoms with van der Waals surface area (Å²) in [4.78, 5) is 14.6. The molecule has 4 atom stereocenters. The third-order valence-corrected chi connectivity index (χ3v) is 5.35. The Morgan fingerprint density at radius 2 is 1.91 bits per heavy atom. The monoisotopic (exact) mass is 324 g/mol. The van der Waals surface area contributed by atoms with Gasteiger partial charge in [-0.1, -0.05) is 19.8 Å². The number of carbonyl (C=O) groups excluding carboxylic acids is 1. The van der Waals surface area contributed by atoms with E-state index in [9.17, 15) is 4.79 Å². The molecule has 1 aliphatic carbocycles. The molecule has 0 aromatic heterocycles. The average molecular weight is 325 g/mol. The van der Waals surface area contributed by atoms with Crippen molar-refractivity contribution in [1.82, 2.24) is 10.2 Å². The van der Waals surface area contributed by atoms with Crippen molar-refractivity contribution >= 4 is 6.09 Å². The number of hydrogen-bond donors (Lipinski definition) is 1. The maximum absolute atomic E-state index is 12.6. The minimum Gasteiger partial charge on any atom is -0.444 e. The highest BCUT2D eigenvalue weighted by molar-refractivity contribution is 5.69. The Kier molecular flexibility index (Phi) is 6.35. The van der Waals surface area contributed by atoms with Gasteiger partial charge in [0.1, 0.15) is 5.60 Å². The van der Waals surface area contributed by atoms with Crippen LogP contribution < -0.4 is 5.32 Å². The van der Waals surface area contributed by atoms with Gasteiger partial charge in [0.2, 0.25) is 0 Å². The van der Waals surface area contributed by atoms with Crippen molar-refractivity contribution < 1.29 is 9.53 Å². The van der Waals surface area contributed by atoms with Crippen LogP contribution in [0.1, 0.15) is 79.6 Å². The molecule has 2 fully saturated rings. The number of amides is 1. The van der Waals surface area contributed by atoms with Gasteiger partial charge in [0, 0.05) is 24.7 Å². The van der Waals surface area contributed by atoms with Crippen LogP contribution in [0.2, 0.25) is 0 Å². The number of carbonyl (C=O) groups is 1. The molecule has 0 radical (unpaired) electrons. The number of nitrogens with one attached hydrogen (secondary N) is 1. The van der Waals surface area contributed by atoms with E-state index in [0.29, 0.717) is 24.0 Å². The Morgan fingerprint density at radius 3 is 2.57 bits per heavy atom. The summed E-state index contributed by atoms with van der Waals surface area (Å²) in [6.45, 7) is 11.2. The first kappa shape index (κ1) is 18.6. The maximum Gasteiger partial charge on any atom is 0.410 e. The van der Waals surface area contributed by atoms with Gasteiger partial charge in [-0.05, 0) is 65.7 Å². The van der Waals surface area contributed by atoms with Crippen LogP contribution in [0.5, 0.6) is 0 Å². The molecule has 4 heteroatoms. The third-order valence-electron chi connectivity index (χ3n) is 5.35. The Balaban J connectivity index is 2.05. The fourth-order valence-electron chi connectivity index (χ4n) is 4.10. The van der Waals surface area contributed by atoms with Gasteiger partial charge in [-0.2, -0.15) is 0 Å². The highest BCUT2D eigenvalue weighted by Crippen LogP contribution is 2.35. The van der Waals surface area contributed by atoms with Gasteiger partial charge in [-0.15, -0.1) is 0 Å². The number of ether oxygens (including phenoxy) is 1. The van der Waals surface area contributed by atoms with Gasteiger partial charge < -0.3 is 15.0 Å². The molecule has 2 rings (SSSR count). The molecule has 4 unspecified atom stereocenters. The van der Waals surface area contributed by atoms with Crippen LogP contribution >= 0.6 is 0 Å². The maximum atomic E-state index is 12.6. The Morgan fingerprint density at radius 1 is 1.22 bits per heavy atom. The minimum atomic E-state index is -0.412. The van der Waals surface area contributed by atoms with Crippen LogP contribution in [0, 0.1) is 5.92 Å². The SMILES string of the molecule is CCC(C)NC1CCCCC1C1CCCN1C(=O)OC(C)(C)C. The zero-order chi connectivity index (χ0) is 17.0. The minimum absolute atomic E-state index is 0.118. The first-order valence-corrected chi connectivity index (χ1v) is 9.57. The molecule has 23 heavy (non-hydrogen) atoms. The largest absolute Gasteiger partial charge is 0.444 e. The normalized spacial score (nSPS) is 30.3. The Labute approximate surface area is 142 Å². The second-order valence-corrected chi connectivity index (χ2v) is 8.41. The first-order chi connectivity index (χ1) is 10.8. The molecule has 0 bridgehead atoms. The van der Waals surface area contributed by atoms with Crippen LogP contribution in [0.25, 0.3) is 0 Å². The second-order valence-electron chi connectivity index (χ2n) is 8.41. The highest BCUT2D eigenvalue weighted by atomic mass is 16.6. The van der Waals surface area contributed by atoms with Crippen molar-refractivity contribution in [2.75, 3.05) is 6.54 Å². The van der Waals surface area contributed by atoms with Crippen molar-refractivity contribution in [2.24, 2.45) is 5.92 Å². The summed E-state index contributed by atoms with van der Waals surface area (Å²) < 4.78 is 5.65. The topological polar surface area (TPSA) is 41.6 Å².